The molecule has 26 heavy (non-hydrogen) atoms. The minimum atomic E-state index is 0. The molecule has 2 aliphatic carbocycles. The minimum absolute atomic E-state index is 0. The Hall–Kier alpha value is -0.597. The van der Waals surface area contributed by atoms with Crippen LogP contribution in [0.15, 0.2) is 59.1 Å². The molecule has 0 saturated carbocycles. The fraction of sp³-hybridized carbons (Fsp3) is 0.143. The van der Waals surface area contributed by atoms with E-state index in [1.165, 1.54) is 28.0 Å². The Morgan fingerprint density at radius 2 is 2.00 bits per heavy atom. The van der Waals surface area contributed by atoms with E-state index in [2.05, 4.69) is 82.5 Å². The molecule has 2 aromatic rings. The van der Waals surface area contributed by atoms with Crippen molar-refractivity contribution in [3.8, 4) is 0 Å². The van der Waals surface area contributed by atoms with Gasteiger partial charge in [-0.05, 0) is 36.0 Å². The zero-order valence-corrected chi connectivity index (χ0v) is 19.7. The van der Waals surface area contributed by atoms with Crippen molar-refractivity contribution < 1.29 is 51.0 Å². The summed E-state index contributed by atoms with van der Waals surface area (Å²) in [4.78, 5) is 2.34. The van der Waals surface area contributed by atoms with Crippen LogP contribution in [0.1, 0.15) is 29.2 Å². The van der Waals surface area contributed by atoms with Crippen LogP contribution in [0.5, 0.6) is 0 Å². The quantitative estimate of drug-likeness (QED) is 0.425. The second kappa shape index (κ2) is 10.1. The number of fused-ring (bicyclic) bond motifs is 5. The molecule has 0 N–H and O–H groups in total. The molecule has 1 aliphatic heterocycles. The molecule has 0 amide bonds. The van der Waals surface area contributed by atoms with Crippen LogP contribution in [0.25, 0.3) is 11.6 Å². The molecule has 0 fully saturated rings. The van der Waals surface area contributed by atoms with Crippen molar-refractivity contribution in [2.24, 2.45) is 0 Å². The van der Waals surface area contributed by atoms with Crippen LogP contribution in [0.3, 0.4) is 0 Å². The molecule has 2 aromatic carbocycles. The van der Waals surface area contributed by atoms with E-state index in [9.17, 15) is 0 Å². The molecule has 3 aliphatic rings. The fourth-order valence-electron chi connectivity index (χ4n) is 3.39. The third-order valence-electron chi connectivity index (χ3n) is 4.42. The monoisotopic (exact) mass is 521 g/mol. The van der Waals surface area contributed by atoms with Crippen molar-refractivity contribution in [1.29, 1.82) is 0 Å². The number of rotatable bonds is 0. The maximum absolute atomic E-state index is 3.54. The SMILES string of the molecule is CN1c2ccc[c-]c2C2=Cc3cc(Br)ccc3C21.[C-]1=CC=CC1.[Cl-].[Cl-].[Zr+4]. The number of nitrogens with zero attached hydrogens (tertiary/aromatic N) is 1. The van der Waals surface area contributed by atoms with E-state index < -0.39 is 0 Å². The number of halogens is 3. The average molecular weight is 524 g/mol. The van der Waals surface area contributed by atoms with Crippen LogP contribution in [0.4, 0.5) is 5.69 Å². The number of allylic oxidation sites excluding steroid dienone is 4. The van der Waals surface area contributed by atoms with Gasteiger partial charge in [0.2, 0.25) is 0 Å². The summed E-state index contributed by atoms with van der Waals surface area (Å²) in [6.07, 6.45) is 12.3. The van der Waals surface area contributed by atoms with E-state index in [1.807, 2.05) is 18.2 Å². The van der Waals surface area contributed by atoms with Crippen LogP contribution in [0.2, 0.25) is 0 Å². The standard InChI is InChI=1S/C16H11BrN.C5H5.2ClH.Zr/c1-18-15-5-3-2-4-13(15)14-9-10-8-11(17)6-7-12(10)16(14)18;1-2-4-5-3-1;;;/h2-3,5-9,16H,1H3;1-3H,4H2;2*1H;/q2*-1;;;+4/p-2. The van der Waals surface area contributed by atoms with Gasteiger partial charge in [-0.2, -0.15) is 6.08 Å². The summed E-state index contributed by atoms with van der Waals surface area (Å²) in [5, 5.41) is 0. The van der Waals surface area contributed by atoms with Gasteiger partial charge in [0, 0.05) is 10.5 Å². The van der Waals surface area contributed by atoms with Crippen LogP contribution < -0.4 is 29.7 Å². The van der Waals surface area contributed by atoms with Gasteiger partial charge in [-0.25, -0.2) is 12.2 Å². The van der Waals surface area contributed by atoms with Gasteiger partial charge >= 0.3 is 26.2 Å². The molecule has 130 valence electrons. The smallest absolute Gasteiger partial charge is 1.00 e. The molecule has 1 atom stereocenters. The van der Waals surface area contributed by atoms with Crippen molar-refractivity contribution in [3.05, 3.63) is 87.9 Å². The van der Waals surface area contributed by atoms with Gasteiger partial charge in [0.05, 0.1) is 0 Å². The van der Waals surface area contributed by atoms with Gasteiger partial charge in [-0.15, -0.1) is 36.2 Å². The molecule has 0 spiro atoms. The Balaban J connectivity index is 0.000000372. The first-order valence-corrected chi connectivity index (χ1v) is 8.51. The summed E-state index contributed by atoms with van der Waals surface area (Å²) >= 11 is 3.54. The Morgan fingerprint density at radius 1 is 1.19 bits per heavy atom. The van der Waals surface area contributed by atoms with Crippen LogP contribution in [-0.4, -0.2) is 7.05 Å². The predicted molar refractivity (Wildman–Crippen MR) is 100 cm³/mol. The number of benzene rings is 2. The van der Waals surface area contributed by atoms with Crippen LogP contribution in [-0.2, 0) is 26.2 Å². The first-order chi connectivity index (χ1) is 11.3. The average Bonchev–Trinajstić information content (AvgIpc) is 3.28. The summed E-state index contributed by atoms with van der Waals surface area (Å²) in [7, 11) is 2.16. The Bertz CT molecular complexity index is 851. The normalized spacial score (nSPS) is 16.8. The topological polar surface area (TPSA) is 3.24 Å². The summed E-state index contributed by atoms with van der Waals surface area (Å²) in [5.41, 5.74) is 6.61. The maximum atomic E-state index is 3.54. The molecule has 1 nitrogen and oxygen atoms in total. The molecule has 5 rings (SSSR count). The van der Waals surface area contributed by atoms with E-state index >= 15 is 0 Å². The Morgan fingerprint density at radius 3 is 2.65 bits per heavy atom. The van der Waals surface area contributed by atoms with Crippen molar-refractivity contribution >= 4 is 33.3 Å². The van der Waals surface area contributed by atoms with Gasteiger partial charge in [0.15, 0.2) is 0 Å². The number of likely N-dealkylation sites (N-methyl/N-ethyl adjacent to an activating group) is 1. The van der Waals surface area contributed by atoms with Crippen LogP contribution in [0, 0.1) is 12.1 Å². The third-order valence-corrected chi connectivity index (χ3v) is 4.92. The van der Waals surface area contributed by atoms with E-state index in [4.69, 9.17) is 0 Å². The number of hydrogen-bond donors (Lipinski definition) is 0. The molecule has 0 saturated heterocycles. The summed E-state index contributed by atoms with van der Waals surface area (Å²) in [6.45, 7) is 0. The van der Waals surface area contributed by atoms with Gasteiger partial charge in [0.1, 0.15) is 0 Å². The van der Waals surface area contributed by atoms with E-state index in [1.54, 1.807) is 0 Å². The second-order valence-corrected chi connectivity index (χ2v) is 6.74. The zero-order chi connectivity index (χ0) is 15.8. The number of anilines is 1. The van der Waals surface area contributed by atoms with Gasteiger partial charge < -0.3 is 29.7 Å². The van der Waals surface area contributed by atoms with Gasteiger partial charge in [-0.3, -0.25) is 6.08 Å². The molecule has 0 bridgehead atoms. The molecule has 1 unspecified atom stereocenters. The Kier molecular flexibility index (Phi) is 9.09. The van der Waals surface area contributed by atoms with E-state index in [0.717, 1.165) is 10.9 Å². The van der Waals surface area contributed by atoms with E-state index in [0.29, 0.717) is 6.04 Å². The molecular formula is C21H16BrCl2NZr. The second-order valence-electron chi connectivity index (χ2n) is 5.82. The van der Waals surface area contributed by atoms with Gasteiger partial charge in [0.25, 0.3) is 0 Å². The predicted octanol–water partition coefficient (Wildman–Crippen LogP) is -0.394. The first-order valence-electron chi connectivity index (χ1n) is 7.72. The van der Waals surface area contributed by atoms with Crippen LogP contribution >= 0.6 is 15.9 Å². The van der Waals surface area contributed by atoms with Crippen molar-refractivity contribution in [2.45, 2.75) is 12.5 Å². The first kappa shape index (κ1) is 23.4. The molecular weight excluding hydrogens is 508 g/mol. The van der Waals surface area contributed by atoms with Crippen molar-refractivity contribution in [2.75, 3.05) is 11.9 Å². The molecule has 0 radical (unpaired) electrons. The maximum Gasteiger partial charge on any atom is 4.00 e. The summed E-state index contributed by atoms with van der Waals surface area (Å²) in [6, 6.07) is 16.5. The molecule has 0 aromatic heterocycles. The third kappa shape index (κ3) is 4.28. The number of hydrogen-bond acceptors (Lipinski definition) is 1. The van der Waals surface area contributed by atoms with E-state index in [-0.39, 0.29) is 51.0 Å². The zero-order valence-electron chi connectivity index (χ0n) is 14.1. The minimum Gasteiger partial charge on any atom is -1.00 e. The Labute approximate surface area is 195 Å². The van der Waals surface area contributed by atoms with Crippen molar-refractivity contribution in [3.63, 3.8) is 0 Å². The summed E-state index contributed by atoms with van der Waals surface area (Å²) < 4.78 is 1.14. The molecule has 1 heterocycles. The largest absolute Gasteiger partial charge is 4.00 e. The van der Waals surface area contributed by atoms with Gasteiger partial charge in [-0.1, -0.05) is 33.6 Å². The molecule has 5 heteroatoms. The fourth-order valence-corrected chi connectivity index (χ4v) is 3.77. The summed E-state index contributed by atoms with van der Waals surface area (Å²) in [5.74, 6) is 0. The van der Waals surface area contributed by atoms with Crippen molar-refractivity contribution in [1.82, 2.24) is 0 Å².